The summed E-state index contributed by atoms with van der Waals surface area (Å²) in [6, 6.07) is 13.8. The van der Waals surface area contributed by atoms with Gasteiger partial charge in [-0.15, -0.1) is 0 Å². The first kappa shape index (κ1) is 13.8. The number of carbonyl (C=O) groups excluding carboxylic acids is 1. The van der Waals surface area contributed by atoms with Gasteiger partial charge in [-0.3, -0.25) is 4.79 Å². The molecule has 3 rings (SSSR count). The molecule has 1 saturated heterocycles. The third kappa shape index (κ3) is 3.49. The standard InChI is InChI=1S/C16H15N3OS/c1-11-7-8-17-14(9-11)18-16-19-15(20)13(21-16)10-12-5-3-2-4-6-12/h2-9,13H,10H2,1H3,(H,17,18,19,20). The minimum atomic E-state index is -0.129. The molecule has 0 spiro atoms. The van der Waals surface area contributed by atoms with Crippen LogP contribution in [0.3, 0.4) is 0 Å². The van der Waals surface area contributed by atoms with E-state index in [1.165, 1.54) is 11.8 Å². The molecule has 1 aliphatic rings. The van der Waals surface area contributed by atoms with E-state index in [4.69, 9.17) is 0 Å². The number of aliphatic imine (C=N–C) groups is 1. The minimum Gasteiger partial charge on any atom is -0.304 e. The highest BCUT2D eigenvalue weighted by molar-refractivity contribution is 8.15. The van der Waals surface area contributed by atoms with Crippen LogP contribution >= 0.6 is 11.8 Å². The summed E-state index contributed by atoms with van der Waals surface area (Å²) in [6.45, 7) is 1.99. The van der Waals surface area contributed by atoms with E-state index in [0.29, 0.717) is 17.4 Å². The van der Waals surface area contributed by atoms with Crippen LogP contribution in [-0.4, -0.2) is 21.3 Å². The SMILES string of the molecule is Cc1ccnc(N=C2NC(=O)C(Cc3ccccc3)S2)c1. The zero-order valence-electron chi connectivity index (χ0n) is 11.6. The molecule has 5 heteroatoms. The smallest absolute Gasteiger partial charge is 0.239 e. The normalized spacial score (nSPS) is 19.8. The zero-order chi connectivity index (χ0) is 14.7. The van der Waals surface area contributed by atoms with Gasteiger partial charge in [0.05, 0.1) is 5.25 Å². The lowest BCUT2D eigenvalue weighted by Crippen LogP contribution is -2.25. The van der Waals surface area contributed by atoms with Gasteiger partial charge in [0.2, 0.25) is 5.91 Å². The highest BCUT2D eigenvalue weighted by atomic mass is 32.2. The van der Waals surface area contributed by atoms with Crippen LogP contribution in [0.15, 0.2) is 53.7 Å². The molecule has 0 radical (unpaired) electrons. The van der Waals surface area contributed by atoms with Crippen LogP contribution < -0.4 is 5.32 Å². The van der Waals surface area contributed by atoms with E-state index in [2.05, 4.69) is 15.3 Å². The van der Waals surface area contributed by atoms with E-state index < -0.39 is 0 Å². The summed E-state index contributed by atoms with van der Waals surface area (Å²) in [5.41, 5.74) is 2.25. The molecule has 4 nitrogen and oxygen atoms in total. The molecule has 1 aromatic carbocycles. The van der Waals surface area contributed by atoms with E-state index in [9.17, 15) is 4.79 Å². The highest BCUT2D eigenvalue weighted by Crippen LogP contribution is 2.25. The van der Waals surface area contributed by atoms with E-state index >= 15 is 0 Å². The van der Waals surface area contributed by atoms with Crippen molar-refractivity contribution in [2.24, 2.45) is 4.99 Å². The summed E-state index contributed by atoms with van der Waals surface area (Å²) >= 11 is 1.46. The topological polar surface area (TPSA) is 54.4 Å². The Morgan fingerprint density at radius 2 is 2.10 bits per heavy atom. The van der Waals surface area contributed by atoms with Gasteiger partial charge in [-0.2, -0.15) is 0 Å². The molecule has 1 aliphatic heterocycles. The van der Waals surface area contributed by atoms with Crippen LogP contribution in [0, 0.1) is 6.92 Å². The molecule has 1 atom stereocenters. The average Bonchev–Trinajstić information content (AvgIpc) is 2.80. The van der Waals surface area contributed by atoms with Crippen LogP contribution in [-0.2, 0) is 11.2 Å². The van der Waals surface area contributed by atoms with Gasteiger partial charge in [0.1, 0.15) is 0 Å². The molecule has 1 N–H and O–H groups in total. The Balaban J connectivity index is 1.72. The van der Waals surface area contributed by atoms with Gasteiger partial charge in [-0.05, 0) is 36.6 Å². The lowest BCUT2D eigenvalue weighted by molar-refractivity contribution is -0.118. The molecule has 0 aliphatic carbocycles. The number of pyridine rings is 1. The summed E-state index contributed by atoms with van der Waals surface area (Å²) in [5, 5.41) is 3.32. The maximum atomic E-state index is 12.0. The number of aromatic nitrogens is 1. The van der Waals surface area contributed by atoms with Crippen molar-refractivity contribution >= 4 is 28.7 Å². The predicted octanol–water partition coefficient (Wildman–Crippen LogP) is 2.85. The Labute approximate surface area is 127 Å². The number of thioether (sulfide) groups is 1. The van der Waals surface area contributed by atoms with Crippen molar-refractivity contribution in [1.82, 2.24) is 10.3 Å². The molecule has 21 heavy (non-hydrogen) atoms. The fourth-order valence-electron chi connectivity index (χ4n) is 2.11. The first-order valence-corrected chi connectivity index (χ1v) is 7.61. The van der Waals surface area contributed by atoms with Gasteiger partial charge in [0, 0.05) is 6.20 Å². The van der Waals surface area contributed by atoms with Gasteiger partial charge >= 0.3 is 0 Å². The maximum absolute atomic E-state index is 12.0. The Kier molecular flexibility index (Phi) is 4.01. The number of hydrogen-bond donors (Lipinski definition) is 1. The van der Waals surface area contributed by atoms with Gasteiger partial charge in [0.25, 0.3) is 0 Å². The van der Waals surface area contributed by atoms with Crippen LogP contribution in [0.5, 0.6) is 0 Å². The van der Waals surface area contributed by atoms with E-state index in [0.717, 1.165) is 11.1 Å². The molecule has 1 unspecified atom stereocenters. The Morgan fingerprint density at radius 1 is 1.29 bits per heavy atom. The van der Waals surface area contributed by atoms with Gasteiger partial charge in [-0.25, -0.2) is 9.98 Å². The predicted molar refractivity (Wildman–Crippen MR) is 85.7 cm³/mol. The second kappa shape index (κ2) is 6.10. The van der Waals surface area contributed by atoms with E-state index in [-0.39, 0.29) is 11.2 Å². The van der Waals surface area contributed by atoms with Crippen LogP contribution in [0.1, 0.15) is 11.1 Å². The summed E-state index contributed by atoms with van der Waals surface area (Å²) in [4.78, 5) is 20.6. The van der Waals surface area contributed by atoms with Crippen LogP contribution in [0.2, 0.25) is 0 Å². The number of nitrogens with zero attached hydrogens (tertiary/aromatic N) is 2. The minimum absolute atomic E-state index is 0.00950. The summed E-state index contributed by atoms with van der Waals surface area (Å²) < 4.78 is 0. The number of carbonyl (C=O) groups is 1. The first-order valence-electron chi connectivity index (χ1n) is 6.73. The van der Waals surface area contributed by atoms with Crippen molar-refractivity contribution in [2.45, 2.75) is 18.6 Å². The van der Waals surface area contributed by atoms with Crippen molar-refractivity contribution in [3.05, 3.63) is 59.8 Å². The summed E-state index contributed by atoms with van der Waals surface area (Å²) in [7, 11) is 0. The van der Waals surface area contributed by atoms with Crippen molar-refractivity contribution in [3.8, 4) is 0 Å². The molecular formula is C16H15N3OS. The molecule has 2 heterocycles. The van der Waals surface area contributed by atoms with Crippen LogP contribution in [0.25, 0.3) is 0 Å². The summed E-state index contributed by atoms with van der Waals surface area (Å²) in [5.74, 6) is 0.633. The molecule has 106 valence electrons. The number of nitrogens with one attached hydrogen (secondary N) is 1. The van der Waals surface area contributed by atoms with Crippen molar-refractivity contribution in [2.75, 3.05) is 0 Å². The lowest BCUT2D eigenvalue weighted by Gasteiger charge is -2.04. The van der Waals surface area contributed by atoms with Crippen molar-refractivity contribution in [3.63, 3.8) is 0 Å². The Bertz CT molecular complexity index is 685. The fourth-order valence-corrected chi connectivity index (χ4v) is 3.12. The molecular weight excluding hydrogens is 282 g/mol. The monoisotopic (exact) mass is 297 g/mol. The molecule has 1 amide bonds. The second-order valence-corrected chi connectivity index (χ2v) is 6.09. The highest BCUT2D eigenvalue weighted by Gasteiger charge is 2.30. The van der Waals surface area contributed by atoms with Crippen molar-refractivity contribution < 1.29 is 4.79 Å². The number of amidine groups is 1. The second-order valence-electron chi connectivity index (χ2n) is 4.89. The third-order valence-electron chi connectivity index (χ3n) is 3.16. The Morgan fingerprint density at radius 3 is 2.86 bits per heavy atom. The molecule has 1 aromatic heterocycles. The average molecular weight is 297 g/mol. The van der Waals surface area contributed by atoms with E-state index in [1.54, 1.807) is 6.20 Å². The number of benzene rings is 1. The number of amides is 1. The van der Waals surface area contributed by atoms with Gasteiger partial charge in [0.15, 0.2) is 11.0 Å². The van der Waals surface area contributed by atoms with Gasteiger partial charge in [-0.1, -0.05) is 42.1 Å². The lowest BCUT2D eigenvalue weighted by atomic mass is 10.1. The number of hydrogen-bond acceptors (Lipinski definition) is 4. The quantitative estimate of drug-likeness (QED) is 0.948. The zero-order valence-corrected chi connectivity index (χ0v) is 12.4. The largest absolute Gasteiger partial charge is 0.304 e. The Hall–Kier alpha value is -2.14. The molecule has 0 saturated carbocycles. The molecule has 0 bridgehead atoms. The fraction of sp³-hybridized carbons (Fsp3) is 0.188. The van der Waals surface area contributed by atoms with E-state index in [1.807, 2.05) is 49.4 Å². The van der Waals surface area contributed by atoms with Crippen molar-refractivity contribution in [1.29, 1.82) is 0 Å². The first-order chi connectivity index (χ1) is 10.2. The third-order valence-corrected chi connectivity index (χ3v) is 4.24. The maximum Gasteiger partial charge on any atom is 0.239 e. The molecule has 1 fully saturated rings. The number of rotatable bonds is 3. The summed E-state index contributed by atoms with van der Waals surface area (Å²) in [6.07, 6.45) is 2.43. The van der Waals surface area contributed by atoms with Crippen LogP contribution in [0.4, 0.5) is 5.82 Å². The van der Waals surface area contributed by atoms with Gasteiger partial charge < -0.3 is 5.32 Å². The number of aryl methyl sites for hydroxylation is 1. The molecule has 2 aromatic rings.